The molecule has 218 valence electrons. The molecule has 0 saturated heterocycles. The van der Waals surface area contributed by atoms with E-state index in [9.17, 15) is 9.59 Å². The Bertz CT molecular complexity index is 1490. The minimum Gasteiger partial charge on any atom is -0.444 e. The number of amides is 2. The van der Waals surface area contributed by atoms with Crippen LogP contribution < -0.4 is 16.4 Å². The second-order valence-corrected chi connectivity index (χ2v) is 11.2. The summed E-state index contributed by atoms with van der Waals surface area (Å²) in [5.74, 6) is 1.32. The van der Waals surface area contributed by atoms with Crippen LogP contribution in [0.3, 0.4) is 0 Å². The molecule has 0 atom stereocenters. The largest absolute Gasteiger partial charge is 0.444 e. The summed E-state index contributed by atoms with van der Waals surface area (Å²) in [6, 6.07) is 11.2. The Hall–Kier alpha value is -4.21. The van der Waals surface area contributed by atoms with E-state index in [1.807, 2.05) is 57.2 Å². The molecule has 3 heterocycles. The number of aromatic nitrogens is 4. The van der Waals surface area contributed by atoms with Crippen molar-refractivity contribution in [3.05, 3.63) is 59.5 Å². The predicted octanol–water partition coefficient (Wildman–Crippen LogP) is 5.18. The highest BCUT2D eigenvalue weighted by Crippen LogP contribution is 2.28. The highest BCUT2D eigenvalue weighted by molar-refractivity contribution is 6.04. The number of carbonyl (C=O) groups is 2. The lowest BCUT2D eigenvalue weighted by atomic mass is 10.1. The van der Waals surface area contributed by atoms with Gasteiger partial charge in [-0.3, -0.25) is 9.78 Å². The average Bonchev–Trinajstić information content (AvgIpc) is 3.30. The standard InChI is InChI=1S/C31H41N7O3/c1-5-6-11-24-37-26-27(25-23(36-28(26)32)10-9-18-33-25)38(24)20-8-7-17-34-29(39)22-14-12-21(13-15-22)16-19-35-30(40)41-31(2,3)4/h9-10,12-15,18H,5-8,11,16-17,19-20H2,1-4H3,(H2,32,36)(H,34,39)(H,35,40). The Morgan fingerprint density at radius 2 is 1.73 bits per heavy atom. The van der Waals surface area contributed by atoms with Gasteiger partial charge in [0.15, 0.2) is 5.82 Å². The van der Waals surface area contributed by atoms with Crippen molar-refractivity contribution in [1.82, 2.24) is 30.2 Å². The van der Waals surface area contributed by atoms with Crippen LogP contribution in [0.15, 0.2) is 42.6 Å². The molecular weight excluding hydrogens is 518 g/mol. The number of benzene rings is 1. The summed E-state index contributed by atoms with van der Waals surface area (Å²) in [4.78, 5) is 38.4. The number of hydrogen-bond donors (Lipinski definition) is 3. The molecular formula is C31H41N7O3. The number of aryl methyl sites for hydroxylation is 2. The number of anilines is 1. The summed E-state index contributed by atoms with van der Waals surface area (Å²) >= 11 is 0. The monoisotopic (exact) mass is 559 g/mol. The summed E-state index contributed by atoms with van der Waals surface area (Å²) < 4.78 is 7.48. The summed E-state index contributed by atoms with van der Waals surface area (Å²) in [5.41, 5.74) is 10.6. The first-order chi connectivity index (χ1) is 19.7. The van der Waals surface area contributed by atoms with E-state index in [1.54, 1.807) is 6.20 Å². The van der Waals surface area contributed by atoms with Crippen molar-refractivity contribution in [2.24, 2.45) is 0 Å². The number of rotatable bonds is 12. The number of nitrogens with zero attached hydrogens (tertiary/aromatic N) is 4. The molecule has 10 nitrogen and oxygen atoms in total. The van der Waals surface area contributed by atoms with Gasteiger partial charge in [0.1, 0.15) is 28.0 Å². The number of pyridine rings is 2. The molecule has 2 amide bonds. The maximum absolute atomic E-state index is 12.7. The molecule has 0 spiro atoms. The van der Waals surface area contributed by atoms with Gasteiger partial charge in [0.2, 0.25) is 0 Å². The second kappa shape index (κ2) is 13.4. The van der Waals surface area contributed by atoms with Crippen LogP contribution >= 0.6 is 0 Å². The zero-order chi connectivity index (χ0) is 29.4. The number of carbonyl (C=O) groups excluding carboxylic acids is 2. The van der Waals surface area contributed by atoms with E-state index >= 15 is 0 Å². The topological polar surface area (TPSA) is 137 Å². The zero-order valence-corrected chi connectivity index (χ0v) is 24.5. The number of unbranched alkanes of at least 4 members (excludes halogenated alkanes) is 2. The van der Waals surface area contributed by atoms with E-state index in [0.29, 0.717) is 36.4 Å². The van der Waals surface area contributed by atoms with Crippen LogP contribution in [-0.4, -0.2) is 50.2 Å². The molecule has 1 aromatic carbocycles. The molecule has 0 bridgehead atoms. The van der Waals surface area contributed by atoms with Gasteiger partial charge in [0.05, 0.1) is 5.52 Å². The number of imidazole rings is 1. The van der Waals surface area contributed by atoms with Gasteiger partial charge in [0, 0.05) is 37.8 Å². The van der Waals surface area contributed by atoms with Crippen LogP contribution in [0.4, 0.5) is 10.6 Å². The fourth-order valence-corrected chi connectivity index (χ4v) is 4.68. The molecule has 41 heavy (non-hydrogen) atoms. The van der Waals surface area contributed by atoms with Crippen molar-refractivity contribution in [3.8, 4) is 0 Å². The quantitative estimate of drug-likeness (QED) is 0.203. The van der Waals surface area contributed by atoms with Crippen LogP contribution in [-0.2, 0) is 24.1 Å². The number of fused-ring (bicyclic) bond motifs is 3. The molecule has 4 rings (SSSR count). The molecule has 0 unspecified atom stereocenters. The highest BCUT2D eigenvalue weighted by Gasteiger charge is 2.18. The normalized spacial score (nSPS) is 11.6. The minimum absolute atomic E-state index is 0.103. The Balaban J connectivity index is 1.29. The third kappa shape index (κ3) is 7.93. The summed E-state index contributed by atoms with van der Waals surface area (Å²) in [7, 11) is 0. The van der Waals surface area contributed by atoms with E-state index in [0.717, 1.165) is 66.6 Å². The van der Waals surface area contributed by atoms with Crippen molar-refractivity contribution in [3.63, 3.8) is 0 Å². The first-order valence-corrected chi connectivity index (χ1v) is 14.4. The lowest BCUT2D eigenvalue weighted by Crippen LogP contribution is -2.33. The summed E-state index contributed by atoms with van der Waals surface area (Å²) in [5, 5.41) is 5.77. The van der Waals surface area contributed by atoms with Crippen LogP contribution in [0.5, 0.6) is 0 Å². The Morgan fingerprint density at radius 3 is 2.46 bits per heavy atom. The van der Waals surface area contributed by atoms with E-state index in [1.165, 1.54) is 0 Å². The Labute approximate surface area is 241 Å². The first kappa shape index (κ1) is 29.8. The first-order valence-electron chi connectivity index (χ1n) is 14.4. The number of alkyl carbamates (subject to hydrolysis) is 1. The van der Waals surface area contributed by atoms with Crippen LogP contribution in [0.25, 0.3) is 22.1 Å². The van der Waals surface area contributed by atoms with E-state index < -0.39 is 11.7 Å². The lowest BCUT2D eigenvalue weighted by Gasteiger charge is -2.19. The van der Waals surface area contributed by atoms with Gasteiger partial charge in [-0.05, 0) is 76.3 Å². The van der Waals surface area contributed by atoms with Gasteiger partial charge in [-0.2, -0.15) is 0 Å². The molecule has 4 N–H and O–H groups in total. The molecule has 0 aliphatic carbocycles. The van der Waals surface area contributed by atoms with Crippen molar-refractivity contribution in [1.29, 1.82) is 0 Å². The van der Waals surface area contributed by atoms with Crippen LogP contribution in [0, 0.1) is 0 Å². The maximum Gasteiger partial charge on any atom is 0.407 e. The molecule has 0 fully saturated rings. The molecule has 10 heteroatoms. The lowest BCUT2D eigenvalue weighted by molar-refractivity contribution is 0.0528. The number of nitrogens with one attached hydrogen (secondary N) is 2. The number of nitrogen functional groups attached to an aromatic ring is 1. The molecule has 0 saturated carbocycles. The molecule has 0 radical (unpaired) electrons. The van der Waals surface area contributed by atoms with Gasteiger partial charge in [0.25, 0.3) is 5.91 Å². The Kier molecular flexibility index (Phi) is 9.75. The molecule has 0 aliphatic rings. The summed E-state index contributed by atoms with van der Waals surface area (Å²) in [6.07, 6.45) is 6.65. The fourth-order valence-electron chi connectivity index (χ4n) is 4.68. The van der Waals surface area contributed by atoms with Gasteiger partial charge in [-0.25, -0.2) is 14.8 Å². The van der Waals surface area contributed by atoms with Gasteiger partial charge in [-0.1, -0.05) is 25.5 Å². The van der Waals surface area contributed by atoms with Crippen molar-refractivity contribution >= 4 is 39.9 Å². The van der Waals surface area contributed by atoms with Gasteiger partial charge in [-0.15, -0.1) is 0 Å². The van der Waals surface area contributed by atoms with E-state index in [2.05, 4.69) is 32.1 Å². The fraction of sp³-hybridized carbons (Fsp3) is 0.452. The molecule has 0 aliphatic heterocycles. The highest BCUT2D eigenvalue weighted by atomic mass is 16.6. The average molecular weight is 560 g/mol. The predicted molar refractivity (Wildman–Crippen MR) is 162 cm³/mol. The zero-order valence-electron chi connectivity index (χ0n) is 24.5. The third-order valence-corrected chi connectivity index (χ3v) is 6.69. The van der Waals surface area contributed by atoms with Gasteiger partial charge < -0.3 is 25.7 Å². The molecule has 4 aromatic rings. The van der Waals surface area contributed by atoms with Crippen LogP contribution in [0.2, 0.25) is 0 Å². The second-order valence-electron chi connectivity index (χ2n) is 11.2. The SMILES string of the molecule is CCCCc1nc2c(N)nc3cccnc3c2n1CCCCNC(=O)c1ccc(CCNC(=O)OC(C)(C)C)cc1. The Morgan fingerprint density at radius 1 is 0.951 bits per heavy atom. The number of hydrogen-bond acceptors (Lipinski definition) is 7. The summed E-state index contributed by atoms with van der Waals surface area (Å²) in [6.45, 7) is 9.44. The smallest absolute Gasteiger partial charge is 0.407 e. The van der Waals surface area contributed by atoms with Crippen molar-refractivity contribution < 1.29 is 14.3 Å². The number of nitrogens with two attached hydrogens (primary N) is 1. The minimum atomic E-state index is -0.525. The van der Waals surface area contributed by atoms with Crippen LogP contribution in [0.1, 0.15) is 75.1 Å². The molecule has 3 aromatic heterocycles. The van der Waals surface area contributed by atoms with Crippen molar-refractivity contribution in [2.45, 2.75) is 78.4 Å². The van der Waals surface area contributed by atoms with Crippen molar-refractivity contribution in [2.75, 3.05) is 18.8 Å². The van der Waals surface area contributed by atoms with E-state index in [4.69, 9.17) is 15.5 Å². The van der Waals surface area contributed by atoms with Gasteiger partial charge >= 0.3 is 6.09 Å². The van der Waals surface area contributed by atoms with E-state index in [-0.39, 0.29) is 5.91 Å². The maximum atomic E-state index is 12.7. The third-order valence-electron chi connectivity index (χ3n) is 6.69. The number of ether oxygens (including phenoxy) is 1.